The van der Waals surface area contributed by atoms with E-state index in [1.54, 1.807) is 11.3 Å². The summed E-state index contributed by atoms with van der Waals surface area (Å²) >= 11 is 6.74. The minimum absolute atomic E-state index is 0.0261. The molecule has 2 aromatic rings. The van der Waals surface area contributed by atoms with Crippen LogP contribution in [0.1, 0.15) is 40.5 Å². The molecule has 0 aliphatic heterocycles. The summed E-state index contributed by atoms with van der Waals surface area (Å²) in [5.41, 5.74) is 9.37. The number of anilines is 1. The molecular weight excluding hydrogens is 290 g/mol. The van der Waals surface area contributed by atoms with Crippen molar-refractivity contribution in [2.75, 3.05) is 5.32 Å². The van der Waals surface area contributed by atoms with Crippen LogP contribution in [-0.4, -0.2) is 20.2 Å². The molecule has 0 aliphatic rings. The first-order valence-corrected chi connectivity index (χ1v) is 7.51. The number of aryl methyl sites for hydroxylation is 2. The minimum Gasteiger partial charge on any atom is -0.389 e. The second-order valence-electron chi connectivity index (χ2n) is 4.69. The fraction of sp³-hybridized carbons (Fsp3) is 0.385. The molecule has 1 unspecified atom stereocenters. The Labute approximate surface area is 127 Å². The van der Waals surface area contributed by atoms with Gasteiger partial charge >= 0.3 is 0 Å². The average Bonchev–Trinajstić information content (AvgIpc) is 2.80. The van der Waals surface area contributed by atoms with E-state index in [0.717, 1.165) is 27.5 Å². The first-order valence-electron chi connectivity index (χ1n) is 6.22. The highest BCUT2D eigenvalue weighted by Crippen LogP contribution is 2.25. The van der Waals surface area contributed by atoms with Crippen molar-refractivity contribution in [2.45, 2.75) is 33.7 Å². The van der Waals surface area contributed by atoms with E-state index >= 15 is 0 Å². The van der Waals surface area contributed by atoms with Gasteiger partial charge in [-0.05, 0) is 33.3 Å². The zero-order valence-electron chi connectivity index (χ0n) is 11.9. The zero-order valence-corrected chi connectivity index (χ0v) is 13.5. The van der Waals surface area contributed by atoms with Crippen molar-refractivity contribution < 1.29 is 0 Å². The SMILES string of the molecule is Cc1csc(C(C)Nc2nnc(C)c(C)c2C(N)=S)n1. The molecule has 0 fully saturated rings. The van der Waals surface area contributed by atoms with Gasteiger partial charge < -0.3 is 11.1 Å². The van der Waals surface area contributed by atoms with Gasteiger partial charge in [0.15, 0.2) is 5.82 Å². The van der Waals surface area contributed by atoms with Crippen molar-refractivity contribution in [1.82, 2.24) is 15.2 Å². The van der Waals surface area contributed by atoms with Crippen LogP contribution < -0.4 is 11.1 Å². The first kappa shape index (κ1) is 14.8. The van der Waals surface area contributed by atoms with Crippen LogP contribution in [0.4, 0.5) is 5.82 Å². The summed E-state index contributed by atoms with van der Waals surface area (Å²) in [6.45, 7) is 7.84. The Kier molecular flexibility index (Phi) is 4.29. The number of nitrogens with zero attached hydrogens (tertiary/aromatic N) is 3. The number of hydrogen-bond donors (Lipinski definition) is 2. The summed E-state index contributed by atoms with van der Waals surface area (Å²) in [6, 6.07) is 0.0261. The second-order valence-corrected chi connectivity index (χ2v) is 6.02. The van der Waals surface area contributed by atoms with E-state index in [-0.39, 0.29) is 6.04 Å². The Bertz CT molecular complexity index is 650. The van der Waals surface area contributed by atoms with E-state index in [1.807, 2.05) is 33.1 Å². The average molecular weight is 307 g/mol. The van der Waals surface area contributed by atoms with E-state index in [9.17, 15) is 0 Å². The fourth-order valence-electron chi connectivity index (χ4n) is 1.85. The Morgan fingerprint density at radius 2 is 2.05 bits per heavy atom. The number of nitrogens with two attached hydrogens (primary N) is 1. The van der Waals surface area contributed by atoms with Crippen molar-refractivity contribution >= 4 is 34.4 Å². The zero-order chi connectivity index (χ0) is 14.9. The van der Waals surface area contributed by atoms with Crippen LogP contribution in [0, 0.1) is 20.8 Å². The molecule has 2 rings (SSSR count). The van der Waals surface area contributed by atoms with Crippen LogP contribution in [0.25, 0.3) is 0 Å². The molecule has 5 nitrogen and oxygen atoms in total. The summed E-state index contributed by atoms with van der Waals surface area (Å²) in [6.07, 6.45) is 0. The Balaban J connectivity index is 2.34. The maximum atomic E-state index is 5.81. The third-order valence-corrected chi connectivity index (χ3v) is 4.41. The highest BCUT2D eigenvalue weighted by atomic mass is 32.1. The Morgan fingerprint density at radius 3 is 2.60 bits per heavy atom. The molecule has 2 heterocycles. The summed E-state index contributed by atoms with van der Waals surface area (Å²) in [5.74, 6) is 0.612. The fourth-order valence-corrected chi connectivity index (χ4v) is 2.90. The number of thiocarbonyl (C=S) groups is 1. The van der Waals surface area contributed by atoms with E-state index in [4.69, 9.17) is 18.0 Å². The lowest BCUT2D eigenvalue weighted by Crippen LogP contribution is -2.19. The van der Waals surface area contributed by atoms with Crippen LogP contribution in [0.15, 0.2) is 5.38 Å². The van der Waals surface area contributed by atoms with Crippen LogP contribution in [0.5, 0.6) is 0 Å². The molecule has 1 atom stereocenters. The van der Waals surface area contributed by atoms with Gasteiger partial charge in [-0.2, -0.15) is 5.10 Å². The lowest BCUT2D eigenvalue weighted by Gasteiger charge is -2.16. The van der Waals surface area contributed by atoms with Crippen LogP contribution in [-0.2, 0) is 0 Å². The van der Waals surface area contributed by atoms with Gasteiger partial charge in [0.05, 0.1) is 17.3 Å². The number of hydrogen-bond acceptors (Lipinski definition) is 6. The molecule has 0 saturated carbocycles. The molecule has 2 aromatic heterocycles. The van der Waals surface area contributed by atoms with E-state index in [1.165, 1.54) is 0 Å². The molecule has 0 amide bonds. The highest BCUT2D eigenvalue weighted by molar-refractivity contribution is 7.80. The topological polar surface area (TPSA) is 76.7 Å². The lowest BCUT2D eigenvalue weighted by atomic mass is 10.1. The van der Waals surface area contributed by atoms with Crippen LogP contribution in [0.2, 0.25) is 0 Å². The Hall–Kier alpha value is -1.60. The third-order valence-electron chi connectivity index (χ3n) is 3.06. The van der Waals surface area contributed by atoms with E-state index in [2.05, 4.69) is 20.5 Å². The summed E-state index contributed by atoms with van der Waals surface area (Å²) < 4.78 is 0. The van der Waals surface area contributed by atoms with Gasteiger partial charge in [0.1, 0.15) is 10.00 Å². The number of aromatic nitrogens is 3. The molecule has 106 valence electrons. The van der Waals surface area contributed by atoms with Crippen molar-refractivity contribution in [2.24, 2.45) is 5.73 Å². The molecule has 0 radical (unpaired) electrons. The van der Waals surface area contributed by atoms with E-state index < -0.39 is 0 Å². The smallest absolute Gasteiger partial charge is 0.159 e. The highest BCUT2D eigenvalue weighted by Gasteiger charge is 2.17. The monoisotopic (exact) mass is 307 g/mol. The van der Waals surface area contributed by atoms with Crippen LogP contribution >= 0.6 is 23.6 Å². The quantitative estimate of drug-likeness (QED) is 0.846. The maximum Gasteiger partial charge on any atom is 0.159 e. The van der Waals surface area contributed by atoms with Crippen molar-refractivity contribution in [3.8, 4) is 0 Å². The number of rotatable bonds is 4. The normalized spacial score (nSPS) is 12.2. The molecule has 0 bridgehead atoms. The van der Waals surface area contributed by atoms with Gasteiger partial charge in [-0.3, -0.25) is 0 Å². The van der Waals surface area contributed by atoms with Crippen molar-refractivity contribution in [3.05, 3.63) is 32.9 Å². The molecular formula is C13H17N5S2. The molecule has 7 heteroatoms. The third kappa shape index (κ3) is 2.94. The molecule has 0 aromatic carbocycles. The van der Waals surface area contributed by atoms with Gasteiger partial charge in [0.2, 0.25) is 0 Å². The predicted molar refractivity (Wildman–Crippen MR) is 86.3 cm³/mol. The number of thiazole rings is 1. The lowest BCUT2D eigenvalue weighted by molar-refractivity contribution is 0.836. The van der Waals surface area contributed by atoms with Gasteiger partial charge in [-0.15, -0.1) is 16.4 Å². The summed E-state index contributed by atoms with van der Waals surface area (Å²) in [7, 11) is 0. The molecule has 0 saturated heterocycles. The van der Waals surface area contributed by atoms with E-state index in [0.29, 0.717) is 10.8 Å². The van der Waals surface area contributed by atoms with Gasteiger partial charge in [-0.25, -0.2) is 4.98 Å². The predicted octanol–water partition coefficient (Wildman–Crippen LogP) is 2.67. The largest absolute Gasteiger partial charge is 0.389 e. The number of nitrogens with one attached hydrogen (secondary N) is 1. The molecule has 0 spiro atoms. The minimum atomic E-state index is 0.0261. The first-order chi connectivity index (χ1) is 9.40. The van der Waals surface area contributed by atoms with Gasteiger partial charge in [0, 0.05) is 11.1 Å². The van der Waals surface area contributed by atoms with Crippen LogP contribution in [0.3, 0.4) is 0 Å². The molecule has 0 aliphatic carbocycles. The van der Waals surface area contributed by atoms with Gasteiger partial charge in [0.25, 0.3) is 0 Å². The Morgan fingerprint density at radius 1 is 1.35 bits per heavy atom. The summed E-state index contributed by atoms with van der Waals surface area (Å²) in [5, 5.41) is 14.6. The second kappa shape index (κ2) is 5.80. The molecule has 3 N–H and O–H groups in total. The molecule has 20 heavy (non-hydrogen) atoms. The standard InChI is InChI=1S/C13H17N5S2/c1-6-5-20-13(15-6)9(4)16-12-10(11(14)19)7(2)8(3)17-18-12/h5,9H,1-4H3,(H2,14,19)(H,16,18). The van der Waals surface area contributed by atoms with Crippen molar-refractivity contribution in [1.29, 1.82) is 0 Å². The summed E-state index contributed by atoms with van der Waals surface area (Å²) in [4.78, 5) is 4.79. The van der Waals surface area contributed by atoms with Crippen molar-refractivity contribution in [3.63, 3.8) is 0 Å². The van der Waals surface area contributed by atoms with Gasteiger partial charge in [-0.1, -0.05) is 12.2 Å². The maximum absolute atomic E-state index is 5.81.